The van der Waals surface area contributed by atoms with Gasteiger partial charge in [-0.05, 0) is 24.3 Å². The maximum absolute atomic E-state index is 12.4. The first-order valence-corrected chi connectivity index (χ1v) is 8.46. The van der Waals surface area contributed by atoms with E-state index in [0.717, 1.165) is 0 Å². The third-order valence-electron chi connectivity index (χ3n) is 4.11. The molecular weight excluding hydrogens is 366 g/mol. The Hall–Kier alpha value is -3.62. The van der Waals surface area contributed by atoms with Crippen LogP contribution in [-0.2, 0) is 11.3 Å². The van der Waals surface area contributed by atoms with Crippen molar-refractivity contribution in [3.8, 4) is 17.2 Å². The molecule has 0 aliphatic heterocycles. The molecule has 0 aliphatic carbocycles. The molecule has 0 unspecified atom stereocenters. The first-order chi connectivity index (χ1) is 13.6. The number of nitrogens with one attached hydrogen (secondary N) is 3. The fraction of sp³-hybridized carbons (Fsp3) is 0.263. The Morgan fingerprint density at radius 1 is 1.07 bits per heavy atom. The number of furan rings is 1. The summed E-state index contributed by atoms with van der Waals surface area (Å²) in [4.78, 5) is 27.3. The molecule has 1 aromatic carbocycles. The van der Waals surface area contributed by atoms with Crippen LogP contribution in [0.25, 0.3) is 10.9 Å². The molecule has 0 bridgehead atoms. The molecule has 0 atom stereocenters. The fourth-order valence-corrected chi connectivity index (χ4v) is 2.78. The summed E-state index contributed by atoms with van der Waals surface area (Å²) in [6.45, 7) is 0.0869. The van der Waals surface area contributed by atoms with E-state index in [2.05, 4.69) is 15.6 Å². The lowest BCUT2D eigenvalue weighted by atomic mass is 10.2. The van der Waals surface area contributed by atoms with Crippen molar-refractivity contribution < 1.29 is 28.2 Å². The second-order valence-electron chi connectivity index (χ2n) is 5.83. The van der Waals surface area contributed by atoms with Crippen LogP contribution in [0.2, 0.25) is 0 Å². The van der Waals surface area contributed by atoms with Crippen molar-refractivity contribution >= 4 is 22.7 Å². The number of fused-ring (bicyclic) bond motifs is 1. The van der Waals surface area contributed by atoms with Gasteiger partial charge in [-0.2, -0.15) is 0 Å². The SMILES string of the molecule is COc1cc2cc(C(=O)NCC(=O)NCc3ccco3)[nH]c2c(OC)c1OC. The van der Waals surface area contributed by atoms with Gasteiger partial charge in [0.05, 0.1) is 46.2 Å². The maximum atomic E-state index is 12.4. The predicted molar refractivity (Wildman–Crippen MR) is 101 cm³/mol. The molecular formula is C19H21N3O6. The fourth-order valence-electron chi connectivity index (χ4n) is 2.78. The van der Waals surface area contributed by atoms with Crippen molar-refractivity contribution in [1.82, 2.24) is 15.6 Å². The second-order valence-corrected chi connectivity index (χ2v) is 5.83. The zero-order valence-corrected chi connectivity index (χ0v) is 15.8. The van der Waals surface area contributed by atoms with E-state index in [0.29, 0.717) is 33.9 Å². The molecule has 0 saturated carbocycles. The Morgan fingerprint density at radius 3 is 2.50 bits per heavy atom. The van der Waals surface area contributed by atoms with Gasteiger partial charge in [0, 0.05) is 5.39 Å². The van der Waals surface area contributed by atoms with Gasteiger partial charge in [-0.3, -0.25) is 9.59 Å². The summed E-state index contributed by atoms with van der Waals surface area (Å²) in [5.74, 6) is 1.20. The zero-order valence-electron chi connectivity index (χ0n) is 15.8. The third-order valence-corrected chi connectivity index (χ3v) is 4.11. The van der Waals surface area contributed by atoms with Gasteiger partial charge in [-0.25, -0.2) is 0 Å². The Kier molecular flexibility index (Phi) is 5.73. The smallest absolute Gasteiger partial charge is 0.268 e. The topological polar surface area (TPSA) is 115 Å². The number of ether oxygens (including phenoxy) is 3. The molecule has 3 rings (SSSR count). The number of hydrogen-bond donors (Lipinski definition) is 3. The summed E-state index contributed by atoms with van der Waals surface area (Å²) in [6.07, 6.45) is 1.53. The number of amides is 2. The van der Waals surface area contributed by atoms with E-state index in [-0.39, 0.29) is 24.7 Å². The molecule has 0 aliphatic rings. The molecule has 3 aromatic rings. The molecule has 0 radical (unpaired) electrons. The molecule has 9 heteroatoms. The Morgan fingerprint density at radius 2 is 1.86 bits per heavy atom. The van der Waals surface area contributed by atoms with Crippen LogP contribution < -0.4 is 24.8 Å². The molecule has 0 fully saturated rings. The highest BCUT2D eigenvalue weighted by Crippen LogP contribution is 2.43. The van der Waals surface area contributed by atoms with E-state index in [1.165, 1.54) is 27.6 Å². The van der Waals surface area contributed by atoms with Crippen molar-refractivity contribution in [3.63, 3.8) is 0 Å². The zero-order chi connectivity index (χ0) is 20.1. The summed E-state index contributed by atoms with van der Waals surface area (Å²) >= 11 is 0. The van der Waals surface area contributed by atoms with Crippen molar-refractivity contribution in [1.29, 1.82) is 0 Å². The van der Waals surface area contributed by atoms with E-state index < -0.39 is 5.91 Å². The van der Waals surface area contributed by atoms with Gasteiger partial charge in [-0.15, -0.1) is 0 Å². The summed E-state index contributed by atoms with van der Waals surface area (Å²) < 4.78 is 21.2. The molecule has 2 aromatic heterocycles. The molecule has 28 heavy (non-hydrogen) atoms. The van der Waals surface area contributed by atoms with Gasteiger partial charge in [0.2, 0.25) is 11.7 Å². The lowest BCUT2D eigenvalue weighted by Gasteiger charge is -2.12. The Balaban J connectivity index is 1.70. The van der Waals surface area contributed by atoms with Gasteiger partial charge < -0.3 is 34.2 Å². The van der Waals surface area contributed by atoms with Crippen molar-refractivity contribution in [2.24, 2.45) is 0 Å². The molecule has 2 amide bonds. The molecule has 0 saturated heterocycles. The van der Waals surface area contributed by atoms with Crippen LogP contribution in [0.3, 0.4) is 0 Å². The lowest BCUT2D eigenvalue weighted by molar-refractivity contribution is -0.120. The predicted octanol–water partition coefficient (Wildman–Crippen LogP) is 1.83. The third kappa shape index (κ3) is 3.88. The van der Waals surface area contributed by atoms with Gasteiger partial charge in [0.1, 0.15) is 11.5 Å². The number of hydrogen-bond acceptors (Lipinski definition) is 6. The van der Waals surface area contributed by atoms with Gasteiger partial charge in [0.15, 0.2) is 11.5 Å². The highest BCUT2D eigenvalue weighted by Gasteiger charge is 2.20. The van der Waals surface area contributed by atoms with Gasteiger partial charge in [-0.1, -0.05) is 0 Å². The molecule has 3 N–H and O–H groups in total. The van der Waals surface area contributed by atoms with E-state index >= 15 is 0 Å². The van der Waals surface area contributed by atoms with E-state index in [9.17, 15) is 9.59 Å². The van der Waals surface area contributed by atoms with E-state index in [4.69, 9.17) is 18.6 Å². The van der Waals surface area contributed by atoms with Crippen LogP contribution in [0.15, 0.2) is 34.9 Å². The molecule has 2 heterocycles. The van der Waals surface area contributed by atoms with E-state index in [1.807, 2.05) is 0 Å². The van der Waals surface area contributed by atoms with Crippen LogP contribution in [0.5, 0.6) is 17.2 Å². The number of H-pyrrole nitrogens is 1. The Labute approximate surface area is 160 Å². The quantitative estimate of drug-likeness (QED) is 0.543. The number of benzene rings is 1. The van der Waals surface area contributed by atoms with Crippen LogP contribution in [0.1, 0.15) is 16.2 Å². The number of carbonyl (C=O) groups is 2. The number of aromatic nitrogens is 1. The van der Waals surface area contributed by atoms with E-state index in [1.54, 1.807) is 24.3 Å². The molecule has 0 spiro atoms. The van der Waals surface area contributed by atoms with Crippen molar-refractivity contribution in [3.05, 3.63) is 42.0 Å². The minimum Gasteiger partial charge on any atom is -0.493 e. The van der Waals surface area contributed by atoms with Gasteiger partial charge >= 0.3 is 0 Å². The average molecular weight is 387 g/mol. The largest absolute Gasteiger partial charge is 0.493 e. The lowest BCUT2D eigenvalue weighted by Crippen LogP contribution is -2.36. The van der Waals surface area contributed by atoms with Crippen LogP contribution >= 0.6 is 0 Å². The normalized spacial score (nSPS) is 10.5. The number of carbonyl (C=O) groups excluding carboxylic acids is 2. The maximum Gasteiger partial charge on any atom is 0.268 e. The number of aromatic amines is 1. The Bertz CT molecular complexity index is 977. The summed E-state index contributed by atoms with van der Waals surface area (Å²) in [5.41, 5.74) is 0.870. The summed E-state index contributed by atoms with van der Waals surface area (Å²) in [5, 5.41) is 5.93. The monoisotopic (exact) mass is 387 g/mol. The van der Waals surface area contributed by atoms with Crippen molar-refractivity contribution in [2.75, 3.05) is 27.9 Å². The van der Waals surface area contributed by atoms with Crippen molar-refractivity contribution in [2.45, 2.75) is 6.54 Å². The first-order valence-electron chi connectivity index (χ1n) is 8.46. The van der Waals surface area contributed by atoms with Crippen LogP contribution in [0.4, 0.5) is 0 Å². The standard InChI is InChI=1S/C19H21N3O6/c1-25-14-8-11-7-13(22-16(11)18(27-3)17(14)26-2)19(24)21-10-15(23)20-9-12-5-4-6-28-12/h4-8,22H,9-10H2,1-3H3,(H,20,23)(H,21,24). The minimum absolute atomic E-state index is 0.168. The summed E-state index contributed by atoms with van der Waals surface area (Å²) in [6, 6.07) is 6.87. The minimum atomic E-state index is -0.427. The molecule has 9 nitrogen and oxygen atoms in total. The highest BCUT2D eigenvalue weighted by molar-refractivity contribution is 6.01. The number of rotatable bonds is 8. The number of methoxy groups -OCH3 is 3. The van der Waals surface area contributed by atoms with Crippen LogP contribution in [0, 0.1) is 0 Å². The average Bonchev–Trinajstić information content (AvgIpc) is 3.38. The second kappa shape index (κ2) is 8.38. The summed E-state index contributed by atoms with van der Waals surface area (Å²) in [7, 11) is 4.52. The van der Waals surface area contributed by atoms with Crippen LogP contribution in [-0.4, -0.2) is 44.7 Å². The van der Waals surface area contributed by atoms with Gasteiger partial charge in [0.25, 0.3) is 5.91 Å². The first kappa shape index (κ1) is 19.2. The highest BCUT2D eigenvalue weighted by atomic mass is 16.5. The molecule has 148 valence electrons.